The Balaban J connectivity index is 2.55. The molecule has 0 saturated heterocycles. The van der Waals surface area contributed by atoms with Crippen LogP contribution in [0.1, 0.15) is 6.92 Å². The standard InChI is InChI=1S/C9H11N3/c1-2-10-9-8-5-3-4-6-12(8)7-11-9/h3-7,10H,2H2,1H3. The van der Waals surface area contributed by atoms with Gasteiger partial charge in [-0.3, -0.25) is 0 Å². The number of nitrogens with zero attached hydrogens (tertiary/aromatic N) is 2. The topological polar surface area (TPSA) is 29.3 Å². The summed E-state index contributed by atoms with van der Waals surface area (Å²) in [6, 6.07) is 6.05. The molecule has 0 fully saturated rings. The van der Waals surface area contributed by atoms with Crippen LogP contribution in [0.2, 0.25) is 0 Å². The van der Waals surface area contributed by atoms with Crippen LogP contribution >= 0.6 is 0 Å². The number of rotatable bonds is 2. The summed E-state index contributed by atoms with van der Waals surface area (Å²) in [5.74, 6) is 0.957. The fourth-order valence-corrected chi connectivity index (χ4v) is 1.25. The van der Waals surface area contributed by atoms with E-state index in [1.807, 2.05) is 35.1 Å². The van der Waals surface area contributed by atoms with Crippen LogP contribution in [0.3, 0.4) is 0 Å². The van der Waals surface area contributed by atoms with Crippen LogP contribution in [0, 0.1) is 0 Å². The Bertz CT molecular complexity index is 378. The maximum atomic E-state index is 4.24. The van der Waals surface area contributed by atoms with Gasteiger partial charge in [-0.1, -0.05) is 6.07 Å². The number of imidazole rings is 1. The van der Waals surface area contributed by atoms with Gasteiger partial charge >= 0.3 is 0 Å². The number of fused-ring (bicyclic) bond motifs is 1. The first-order chi connectivity index (χ1) is 5.92. The first-order valence-corrected chi connectivity index (χ1v) is 4.07. The van der Waals surface area contributed by atoms with Crippen molar-refractivity contribution in [2.24, 2.45) is 0 Å². The number of anilines is 1. The maximum absolute atomic E-state index is 4.24. The largest absolute Gasteiger partial charge is 0.369 e. The van der Waals surface area contributed by atoms with E-state index >= 15 is 0 Å². The highest BCUT2D eigenvalue weighted by Crippen LogP contribution is 2.13. The molecular weight excluding hydrogens is 150 g/mol. The Kier molecular flexibility index (Phi) is 1.70. The van der Waals surface area contributed by atoms with E-state index < -0.39 is 0 Å². The Hall–Kier alpha value is -1.51. The number of hydrogen-bond acceptors (Lipinski definition) is 2. The molecule has 2 heterocycles. The quantitative estimate of drug-likeness (QED) is 0.727. The summed E-state index contributed by atoms with van der Waals surface area (Å²) in [4.78, 5) is 4.24. The van der Waals surface area contributed by atoms with Crippen molar-refractivity contribution in [3.8, 4) is 0 Å². The summed E-state index contributed by atoms with van der Waals surface area (Å²) in [5, 5.41) is 3.20. The zero-order valence-corrected chi connectivity index (χ0v) is 6.99. The average Bonchev–Trinajstić information content (AvgIpc) is 2.50. The van der Waals surface area contributed by atoms with Gasteiger partial charge in [-0.25, -0.2) is 4.98 Å². The Morgan fingerprint density at radius 1 is 1.50 bits per heavy atom. The van der Waals surface area contributed by atoms with Crippen LogP contribution in [0.25, 0.3) is 5.52 Å². The van der Waals surface area contributed by atoms with Crippen molar-refractivity contribution in [3.63, 3.8) is 0 Å². The van der Waals surface area contributed by atoms with Crippen LogP contribution < -0.4 is 5.32 Å². The van der Waals surface area contributed by atoms with E-state index in [1.165, 1.54) is 0 Å². The molecule has 0 aliphatic carbocycles. The zero-order valence-electron chi connectivity index (χ0n) is 6.99. The van der Waals surface area contributed by atoms with Crippen LogP contribution in [-0.2, 0) is 0 Å². The minimum Gasteiger partial charge on any atom is -0.369 e. The summed E-state index contributed by atoms with van der Waals surface area (Å²) in [6.07, 6.45) is 3.80. The summed E-state index contributed by atoms with van der Waals surface area (Å²) in [7, 11) is 0. The lowest BCUT2D eigenvalue weighted by Gasteiger charge is -1.97. The second kappa shape index (κ2) is 2.85. The van der Waals surface area contributed by atoms with Crippen molar-refractivity contribution in [2.75, 3.05) is 11.9 Å². The van der Waals surface area contributed by atoms with Crippen molar-refractivity contribution in [1.29, 1.82) is 0 Å². The molecule has 0 bridgehead atoms. The third-order valence-electron chi connectivity index (χ3n) is 1.79. The van der Waals surface area contributed by atoms with Gasteiger partial charge in [0.25, 0.3) is 0 Å². The van der Waals surface area contributed by atoms with E-state index in [2.05, 4.69) is 17.2 Å². The molecule has 0 saturated carbocycles. The maximum Gasteiger partial charge on any atom is 0.152 e. The smallest absolute Gasteiger partial charge is 0.152 e. The molecule has 0 spiro atoms. The molecule has 3 nitrogen and oxygen atoms in total. The molecule has 0 radical (unpaired) electrons. The molecule has 2 aromatic heterocycles. The van der Waals surface area contributed by atoms with E-state index in [0.29, 0.717) is 0 Å². The first kappa shape index (κ1) is 7.16. The normalized spacial score (nSPS) is 10.4. The molecule has 3 heteroatoms. The Morgan fingerprint density at radius 3 is 3.25 bits per heavy atom. The van der Waals surface area contributed by atoms with E-state index in [4.69, 9.17) is 0 Å². The number of aromatic nitrogens is 2. The lowest BCUT2D eigenvalue weighted by atomic mass is 10.4. The predicted octanol–water partition coefficient (Wildman–Crippen LogP) is 1.77. The predicted molar refractivity (Wildman–Crippen MR) is 49.4 cm³/mol. The number of hydrogen-bond donors (Lipinski definition) is 1. The van der Waals surface area contributed by atoms with Gasteiger partial charge in [0.1, 0.15) is 6.33 Å². The molecule has 0 aromatic carbocycles. The molecule has 1 N–H and O–H groups in total. The van der Waals surface area contributed by atoms with Gasteiger partial charge < -0.3 is 9.72 Å². The highest BCUT2D eigenvalue weighted by atomic mass is 15.1. The third kappa shape index (κ3) is 1.03. The van der Waals surface area contributed by atoms with Crippen LogP contribution in [0.15, 0.2) is 30.7 Å². The molecule has 0 aliphatic heterocycles. The lowest BCUT2D eigenvalue weighted by Crippen LogP contribution is -1.96. The van der Waals surface area contributed by atoms with E-state index in [-0.39, 0.29) is 0 Å². The van der Waals surface area contributed by atoms with Gasteiger partial charge in [0, 0.05) is 12.7 Å². The van der Waals surface area contributed by atoms with Crippen molar-refractivity contribution in [1.82, 2.24) is 9.38 Å². The van der Waals surface area contributed by atoms with Crippen LogP contribution in [0.4, 0.5) is 5.82 Å². The van der Waals surface area contributed by atoms with Gasteiger partial charge in [-0.05, 0) is 19.1 Å². The molecule has 0 unspecified atom stereocenters. The SMILES string of the molecule is CCNc1ncn2ccccc12. The molecular formula is C9H11N3. The Morgan fingerprint density at radius 2 is 2.42 bits per heavy atom. The molecule has 2 aromatic rings. The second-order valence-electron chi connectivity index (χ2n) is 2.62. The second-order valence-corrected chi connectivity index (χ2v) is 2.62. The van der Waals surface area contributed by atoms with E-state index in [1.54, 1.807) is 0 Å². The zero-order chi connectivity index (χ0) is 8.39. The molecule has 2 rings (SSSR count). The monoisotopic (exact) mass is 161 g/mol. The van der Waals surface area contributed by atoms with Gasteiger partial charge in [0.2, 0.25) is 0 Å². The Labute approximate surface area is 71.0 Å². The average molecular weight is 161 g/mol. The number of pyridine rings is 1. The summed E-state index contributed by atoms with van der Waals surface area (Å²) in [5.41, 5.74) is 1.12. The minimum absolute atomic E-state index is 0.904. The molecule has 0 atom stereocenters. The minimum atomic E-state index is 0.904. The van der Waals surface area contributed by atoms with Gasteiger partial charge in [0.05, 0.1) is 5.52 Å². The van der Waals surface area contributed by atoms with Crippen molar-refractivity contribution < 1.29 is 0 Å². The van der Waals surface area contributed by atoms with Gasteiger partial charge in [0.15, 0.2) is 5.82 Å². The number of nitrogens with one attached hydrogen (secondary N) is 1. The third-order valence-corrected chi connectivity index (χ3v) is 1.79. The van der Waals surface area contributed by atoms with Crippen LogP contribution in [-0.4, -0.2) is 15.9 Å². The fourth-order valence-electron chi connectivity index (χ4n) is 1.25. The molecule has 0 amide bonds. The molecule has 12 heavy (non-hydrogen) atoms. The first-order valence-electron chi connectivity index (χ1n) is 4.07. The van der Waals surface area contributed by atoms with E-state index in [0.717, 1.165) is 17.9 Å². The van der Waals surface area contributed by atoms with Crippen molar-refractivity contribution in [3.05, 3.63) is 30.7 Å². The van der Waals surface area contributed by atoms with Gasteiger partial charge in [-0.15, -0.1) is 0 Å². The molecule has 0 aliphatic rings. The van der Waals surface area contributed by atoms with Crippen LogP contribution in [0.5, 0.6) is 0 Å². The highest BCUT2D eigenvalue weighted by Gasteiger charge is 1.99. The lowest BCUT2D eigenvalue weighted by molar-refractivity contribution is 1.15. The molecule has 62 valence electrons. The fraction of sp³-hybridized carbons (Fsp3) is 0.222. The van der Waals surface area contributed by atoms with Gasteiger partial charge in [-0.2, -0.15) is 0 Å². The summed E-state index contributed by atoms with van der Waals surface area (Å²) >= 11 is 0. The summed E-state index contributed by atoms with van der Waals surface area (Å²) < 4.78 is 2.00. The van der Waals surface area contributed by atoms with E-state index in [9.17, 15) is 0 Å². The summed E-state index contributed by atoms with van der Waals surface area (Å²) in [6.45, 7) is 2.97. The van der Waals surface area contributed by atoms with Crippen molar-refractivity contribution >= 4 is 11.3 Å². The van der Waals surface area contributed by atoms with Crippen molar-refractivity contribution in [2.45, 2.75) is 6.92 Å². The highest BCUT2D eigenvalue weighted by molar-refractivity contribution is 5.67.